The molecule has 2 aromatic carbocycles. The van der Waals surface area contributed by atoms with Crippen LogP contribution in [0.5, 0.6) is 5.75 Å². The van der Waals surface area contributed by atoms with Crippen molar-refractivity contribution < 1.29 is 24.2 Å². The average Bonchev–Trinajstić information content (AvgIpc) is 3.75. The summed E-state index contributed by atoms with van der Waals surface area (Å²) in [6.07, 6.45) is 5.91. The van der Waals surface area contributed by atoms with Gasteiger partial charge in [0, 0.05) is 47.9 Å². The van der Waals surface area contributed by atoms with Crippen molar-refractivity contribution >= 4 is 29.6 Å². The van der Waals surface area contributed by atoms with E-state index in [2.05, 4.69) is 40.8 Å². The van der Waals surface area contributed by atoms with Gasteiger partial charge in [-0.1, -0.05) is 57.2 Å². The van der Waals surface area contributed by atoms with E-state index in [0.29, 0.717) is 23.6 Å². The van der Waals surface area contributed by atoms with Gasteiger partial charge in [0.2, 0.25) is 5.91 Å². The number of phenols is 1. The number of aromatic nitrogens is 2. The van der Waals surface area contributed by atoms with Gasteiger partial charge in [-0.05, 0) is 53.6 Å². The van der Waals surface area contributed by atoms with Crippen molar-refractivity contribution in [2.75, 3.05) is 20.2 Å². The van der Waals surface area contributed by atoms with Crippen LogP contribution in [0.25, 0.3) is 22.5 Å². The first-order valence-corrected chi connectivity index (χ1v) is 15.3. The lowest BCUT2D eigenvalue weighted by atomic mass is 9.95. The number of thiophene rings is 1. The monoisotopic (exact) mass is 614 g/mol. The lowest BCUT2D eigenvalue weighted by Gasteiger charge is -2.24. The number of carbonyl (C=O) groups is 3. The summed E-state index contributed by atoms with van der Waals surface area (Å²) < 4.78 is 3.86. The standard InChI is InChI=1S/C32H34N4O3S.C2H4O2/c1-32(2,3)28-15-14-27(40-28)30(38)35-26(31(39)36-16-4-5-17-36)18-21-6-8-23(9-7-21)29-33-19-24(20-34-29)22-10-12-25(37)13-11-22;1-4-2-3/h6-15,19-20,26,37H,4-5,16-18H2,1-3H3,(H,35,38);2H,1H3. The van der Waals surface area contributed by atoms with E-state index in [0.717, 1.165) is 53.1 Å². The van der Waals surface area contributed by atoms with Crippen molar-refractivity contribution in [1.29, 1.82) is 0 Å². The van der Waals surface area contributed by atoms with Crippen LogP contribution in [0.3, 0.4) is 0 Å². The van der Waals surface area contributed by atoms with Crippen molar-refractivity contribution in [3.05, 3.63) is 88.4 Å². The molecule has 1 fully saturated rings. The molecule has 1 unspecified atom stereocenters. The third-order valence-electron chi connectivity index (χ3n) is 7.19. The normalized spacial score (nSPS) is 13.4. The van der Waals surface area contributed by atoms with Crippen molar-refractivity contribution in [3.8, 4) is 28.3 Å². The van der Waals surface area contributed by atoms with E-state index in [1.54, 1.807) is 24.5 Å². The molecule has 44 heavy (non-hydrogen) atoms. The average molecular weight is 615 g/mol. The second-order valence-electron chi connectivity index (χ2n) is 11.5. The zero-order valence-electron chi connectivity index (χ0n) is 25.4. The van der Waals surface area contributed by atoms with Crippen LogP contribution in [0.4, 0.5) is 0 Å². The second kappa shape index (κ2) is 14.7. The Labute approximate surface area is 261 Å². The number of ether oxygens (including phenoxy) is 1. The Hall–Kier alpha value is -4.57. The molecule has 4 aromatic rings. The Morgan fingerprint density at radius 1 is 0.955 bits per heavy atom. The van der Waals surface area contributed by atoms with Gasteiger partial charge >= 0.3 is 0 Å². The van der Waals surface area contributed by atoms with Crippen LogP contribution in [0.2, 0.25) is 0 Å². The number of carbonyl (C=O) groups excluding carboxylic acids is 3. The summed E-state index contributed by atoms with van der Waals surface area (Å²) in [5, 5.41) is 12.5. The van der Waals surface area contributed by atoms with Crippen molar-refractivity contribution in [2.45, 2.75) is 51.5 Å². The number of hydrogen-bond donors (Lipinski definition) is 2. The molecular weight excluding hydrogens is 576 g/mol. The summed E-state index contributed by atoms with van der Waals surface area (Å²) in [7, 11) is 1.31. The van der Waals surface area contributed by atoms with Crippen LogP contribution in [0, 0.1) is 0 Å². The Bertz CT molecular complexity index is 1540. The predicted octanol–water partition coefficient (Wildman–Crippen LogP) is 5.63. The number of methoxy groups -OCH3 is 1. The maximum atomic E-state index is 13.4. The molecule has 0 bridgehead atoms. The number of hydrogen-bond acceptors (Lipinski definition) is 8. The summed E-state index contributed by atoms with van der Waals surface area (Å²) in [4.78, 5) is 48.2. The molecule has 9 nitrogen and oxygen atoms in total. The minimum atomic E-state index is -0.641. The van der Waals surface area contributed by atoms with Gasteiger partial charge in [-0.25, -0.2) is 9.97 Å². The number of amides is 2. The van der Waals surface area contributed by atoms with Gasteiger partial charge in [0.05, 0.1) is 12.0 Å². The zero-order chi connectivity index (χ0) is 31.7. The van der Waals surface area contributed by atoms with Crippen molar-refractivity contribution in [1.82, 2.24) is 20.2 Å². The highest BCUT2D eigenvalue weighted by atomic mass is 32.1. The summed E-state index contributed by atoms with van der Waals surface area (Å²) >= 11 is 1.48. The van der Waals surface area contributed by atoms with Crippen LogP contribution in [-0.4, -0.2) is 64.5 Å². The molecule has 1 saturated heterocycles. The number of nitrogens with zero attached hydrogens (tertiary/aromatic N) is 3. The number of phenolic OH excluding ortho intramolecular Hbond substituents is 1. The molecule has 0 saturated carbocycles. The highest BCUT2D eigenvalue weighted by Gasteiger charge is 2.29. The third kappa shape index (κ3) is 8.50. The van der Waals surface area contributed by atoms with Crippen molar-refractivity contribution in [2.24, 2.45) is 0 Å². The number of rotatable bonds is 8. The summed E-state index contributed by atoms with van der Waals surface area (Å²) in [5.41, 5.74) is 3.56. The number of likely N-dealkylation sites (tertiary alicyclic amines) is 1. The van der Waals surface area contributed by atoms with Crippen LogP contribution in [-0.2, 0) is 26.2 Å². The molecular formula is C34H38N4O5S. The predicted molar refractivity (Wildman–Crippen MR) is 171 cm³/mol. The van der Waals surface area contributed by atoms with Crippen LogP contribution in [0.1, 0.15) is 53.7 Å². The molecule has 2 amide bonds. The van der Waals surface area contributed by atoms with Gasteiger partial charge in [0.15, 0.2) is 5.82 Å². The van der Waals surface area contributed by atoms with Gasteiger partial charge in [0.1, 0.15) is 11.8 Å². The van der Waals surface area contributed by atoms with E-state index in [1.807, 2.05) is 53.4 Å². The second-order valence-corrected chi connectivity index (χ2v) is 12.6. The van der Waals surface area contributed by atoms with Crippen LogP contribution >= 0.6 is 11.3 Å². The van der Waals surface area contributed by atoms with E-state index >= 15 is 0 Å². The van der Waals surface area contributed by atoms with Crippen LogP contribution < -0.4 is 5.32 Å². The lowest BCUT2D eigenvalue weighted by Crippen LogP contribution is -2.48. The maximum absolute atomic E-state index is 13.4. The van der Waals surface area contributed by atoms with E-state index in [4.69, 9.17) is 4.79 Å². The van der Waals surface area contributed by atoms with Gasteiger partial charge < -0.3 is 20.1 Å². The highest BCUT2D eigenvalue weighted by molar-refractivity contribution is 7.14. The van der Waals surface area contributed by atoms with Crippen LogP contribution in [0.15, 0.2) is 73.1 Å². The molecule has 0 radical (unpaired) electrons. The first-order chi connectivity index (χ1) is 21.1. The van der Waals surface area contributed by atoms with Gasteiger partial charge in [-0.2, -0.15) is 0 Å². The lowest BCUT2D eigenvalue weighted by molar-refractivity contribution is -0.132. The Balaban J connectivity index is 0.00000104. The highest BCUT2D eigenvalue weighted by Crippen LogP contribution is 2.29. The van der Waals surface area contributed by atoms with Gasteiger partial charge in [-0.15, -0.1) is 11.3 Å². The fourth-order valence-corrected chi connectivity index (χ4v) is 5.72. The Kier molecular flexibility index (Phi) is 10.8. The minimum Gasteiger partial charge on any atom is -0.508 e. The first kappa shape index (κ1) is 32.3. The van der Waals surface area contributed by atoms with E-state index in [-0.39, 0.29) is 23.0 Å². The van der Waals surface area contributed by atoms with Crippen molar-refractivity contribution in [3.63, 3.8) is 0 Å². The molecule has 0 aliphatic carbocycles. The quantitative estimate of drug-likeness (QED) is 0.247. The molecule has 1 aliphatic rings. The molecule has 10 heteroatoms. The van der Waals surface area contributed by atoms with Gasteiger partial charge in [0.25, 0.3) is 12.4 Å². The molecule has 2 aromatic heterocycles. The number of nitrogens with one attached hydrogen (secondary N) is 1. The van der Waals surface area contributed by atoms with E-state index in [9.17, 15) is 14.7 Å². The zero-order valence-corrected chi connectivity index (χ0v) is 26.3. The fraction of sp³-hybridized carbons (Fsp3) is 0.324. The topological polar surface area (TPSA) is 122 Å². The number of aromatic hydroxyl groups is 1. The fourth-order valence-electron chi connectivity index (χ4n) is 4.76. The molecule has 1 aliphatic heterocycles. The summed E-state index contributed by atoms with van der Waals surface area (Å²) in [5.74, 6) is 0.568. The maximum Gasteiger partial charge on any atom is 0.292 e. The smallest absolute Gasteiger partial charge is 0.292 e. The minimum absolute atomic E-state index is 0.0318. The molecule has 1 atom stereocenters. The Morgan fingerprint density at radius 2 is 1.55 bits per heavy atom. The van der Waals surface area contributed by atoms with E-state index in [1.165, 1.54) is 18.4 Å². The first-order valence-electron chi connectivity index (χ1n) is 14.5. The molecule has 5 rings (SSSR count). The Morgan fingerprint density at radius 3 is 2.09 bits per heavy atom. The molecule has 3 heterocycles. The number of benzene rings is 2. The largest absolute Gasteiger partial charge is 0.508 e. The molecule has 230 valence electrons. The van der Waals surface area contributed by atoms with Gasteiger partial charge in [-0.3, -0.25) is 14.4 Å². The summed E-state index contributed by atoms with van der Waals surface area (Å²) in [6, 6.07) is 17.9. The third-order valence-corrected chi connectivity index (χ3v) is 8.70. The molecule has 0 spiro atoms. The molecule has 2 N–H and O–H groups in total. The summed E-state index contributed by atoms with van der Waals surface area (Å²) in [6.45, 7) is 8.21. The SMILES string of the molecule is CC(C)(C)c1ccc(C(=O)NC(Cc2ccc(-c3ncc(-c4ccc(O)cc4)cn3)cc2)C(=O)N2CCCC2)s1.COC=O. The van der Waals surface area contributed by atoms with E-state index < -0.39 is 6.04 Å².